The maximum atomic E-state index is 10.6. The first-order chi connectivity index (χ1) is 5.75. The minimum Gasteiger partial charge on any atom is -0.481 e. The average molecular weight is 168 g/mol. The molecular formula is C9H10O3. The molecule has 12 heavy (non-hydrogen) atoms. The molecule has 0 aromatic heterocycles. The van der Waals surface area contributed by atoms with Gasteiger partial charge in [0, 0.05) is 0 Å². The lowest BCUT2D eigenvalue weighted by molar-refractivity contribution is -0.139. The maximum absolute atomic E-state index is 10.6. The Hall–Kier alpha value is -1.35. The number of aliphatic hydroxyl groups excluding tert-OH is 1. The summed E-state index contributed by atoms with van der Waals surface area (Å²) in [6.45, 7) is -0.362. The third kappa shape index (κ3) is 1.83. The van der Waals surface area contributed by atoms with Crippen molar-refractivity contribution in [2.75, 3.05) is 6.61 Å². The summed E-state index contributed by atoms with van der Waals surface area (Å²) >= 11 is 0. The summed E-state index contributed by atoms with van der Waals surface area (Å²) in [6, 6.07) is 8.69. The zero-order chi connectivity index (χ0) is 8.97. The van der Waals surface area contributed by atoms with Crippen molar-refractivity contribution in [3.63, 3.8) is 0 Å². The van der Waals surface area contributed by atoms with Gasteiger partial charge >= 0.3 is 5.97 Å². The average Bonchev–Trinajstić information content (AvgIpc) is 2.07. The highest BCUT2D eigenvalue weighted by Crippen LogP contribution is 2.14. The monoisotopic (exact) mass is 168 g/mol. The van der Waals surface area contributed by atoms with Crippen LogP contribution in [0.15, 0.2) is 30.3 Å². The fourth-order valence-electron chi connectivity index (χ4n) is 1.01. The van der Waals surface area contributed by atoms with Crippen LogP contribution in [-0.4, -0.2) is 22.8 Å². The van der Waals surface area contributed by atoms with E-state index in [-0.39, 0.29) is 6.61 Å². The topological polar surface area (TPSA) is 57.5 Å². The van der Waals surface area contributed by atoms with Crippen LogP contribution in [-0.2, 0) is 4.79 Å². The van der Waals surface area contributed by atoms with Gasteiger partial charge in [-0.2, -0.15) is 0 Å². The molecule has 0 fully saturated rings. The lowest BCUT2D eigenvalue weighted by Crippen LogP contribution is -2.15. The summed E-state index contributed by atoms with van der Waals surface area (Å²) < 4.78 is 0. The molecule has 0 saturated carbocycles. The van der Waals surface area contributed by atoms with Gasteiger partial charge in [-0.05, 0) is 5.56 Å². The Morgan fingerprint density at radius 2 is 1.92 bits per heavy atom. The van der Waals surface area contributed by atoms with E-state index in [1.54, 1.807) is 30.3 Å². The number of benzene rings is 1. The van der Waals surface area contributed by atoms with E-state index in [4.69, 9.17) is 10.2 Å². The molecule has 0 amide bonds. The number of carbonyl (C=O) groups is 1. The van der Waals surface area contributed by atoms with Crippen LogP contribution in [0, 0.1) is 0 Å². The Morgan fingerprint density at radius 3 is 2.33 bits per heavy atom. The van der Waals surface area contributed by atoms with Crippen LogP contribution in [0.2, 0.25) is 0 Å². The van der Waals surface area contributed by atoms with Gasteiger partial charge in [-0.3, -0.25) is 4.79 Å². The Morgan fingerprint density at radius 1 is 1.33 bits per heavy atom. The molecule has 1 atom stereocenters. The molecule has 3 heteroatoms. The first kappa shape index (κ1) is 8.74. The van der Waals surface area contributed by atoms with Gasteiger partial charge in [0.1, 0.15) is 5.92 Å². The van der Waals surface area contributed by atoms with Crippen LogP contribution in [0.3, 0.4) is 0 Å². The molecule has 0 heterocycles. The molecule has 0 aliphatic heterocycles. The molecule has 1 rings (SSSR count). The Balaban J connectivity index is 2.88. The van der Waals surface area contributed by atoms with E-state index in [1.807, 2.05) is 0 Å². The zero-order valence-corrected chi connectivity index (χ0v) is 6.47. The highest BCUT2D eigenvalue weighted by atomic mass is 16.5. The van der Waals surface area contributed by atoms with Crippen molar-refractivity contribution in [2.24, 2.45) is 0 Å². The predicted molar refractivity (Wildman–Crippen MR) is 43.9 cm³/mol. The summed E-state index contributed by atoms with van der Waals surface area (Å²) in [7, 11) is 0. The van der Waals surface area contributed by atoms with E-state index in [9.17, 15) is 4.79 Å². The summed E-state index contributed by atoms with van der Waals surface area (Å²) in [4.78, 5) is 10.6. The molecule has 2 N–H and O–H groups in total. The molecule has 0 radical (unpaired) electrons. The van der Waals surface area contributed by atoms with Gasteiger partial charge in [0.15, 0.2) is 0 Å². The van der Waals surface area contributed by atoms with E-state index in [0.29, 0.717) is 5.56 Å². The van der Waals surface area contributed by atoms with Gasteiger partial charge < -0.3 is 10.2 Å². The summed E-state index contributed by atoms with van der Waals surface area (Å²) in [5.41, 5.74) is 0.632. The van der Waals surface area contributed by atoms with Crippen LogP contribution in [0.25, 0.3) is 0 Å². The Bertz CT molecular complexity index is 256. The molecule has 0 bridgehead atoms. The lowest BCUT2D eigenvalue weighted by Gasteiger charge is -2.07. The van der Waals surface area contributed by atoms with Crippen molar-refractivity contribution < 1.29 is 15.0 Å². The van der Waals surface area contributed by atoms with Gasteiger partial charge in [0.2, 0.25) is 0 Å². The van der Waals surface area contributed by atoms with Crippen LogP contribution in [0.1, 0.15) is 11.5 Å². The van der Waals surface area contributed by atoms with Crippen LogP contribution < -0.4 is 0 Å². The number of carboxylic acid groups (broad SMARTS) is 1. The standard InChI is InChI=1S/C9H10O3/c10-6-8(9(11)12)7-4-2-1-3-5-7/h1-5,8,10H,6H2,(H,11,12)/t8-/m0/s1/i8+1,9+1. The molecule has 1 aromatic rings. The first-order valence-corrected chi connectivity index (χ1v) is 3.64. The largest absolute Gasteiger partial charge is 0.481 e. The lowest BCUT2D eigenvalue weighted by atomic mass is 10.2. The Kier molecular flexibility index (Phi) is 2.82. The van der Waals surface area contributed by atoms with Crippen molar-refractivity contribution >= 4 is 5.97 Å². The molecule has 3 nitrogen and oxygen atoms in total. The molecule has 64 valence electrons. The third-order valence-electron chi connectivity index (χ3n) is 1.68. The molecular weight excluding hydrogens is 158 g/mol. The van der Waals surface area contributed by atoms with E-state index in [0.717, 1.165) is 0 Å². The fraction of sp³-hybridized carbons (Fsp3) is 0.222. The normalized spacial score (nSPS) is 12.4. The van der Waals surface area contributed by atoms with Crippen LogP contribution in [0.4, 0.5) is 0 Å². The SMILES string of the molecule is O=[13C](O)[13C@@H](CO)c1ccccc1. The minimum atomic E-state index is -0.997. The first-order valence-electron chi connectivity index (χ1n) is 3.64. The number of aliphatic carboxylic acids is 1. The van der Waals surface area contributed by atoms with Crippen molar-refractivity contribution in [3.8, 4) is 0 Å². The quantitative estimate of drug-likeness (QED) is 0.658. The molecule has 0 aliphatic rings. The minimum absolute atomic E-state index is 0.362. The zero-order valence-electron chi connectivity index (χ0n) is 6.47. The van der Waals surface area contributed by atoms with Crippen molar-refractivity contribution in [1.29, 1.82) is 0 Å². The van der Waals surface area contributed by atoms with Gasteiger partial charge in [0.25, 0.3) is 0 Å². The van der Waals surface area contributed by atoms with Gasteiger partial charge in [-0.25, -0.2) is 0 Å². The summed E-state index contributed by atoms with van der Waals surface area (Å²) in [6.07, 6.45) is 0. The molecule has 0 unspecified atom stereocenters. The number of carboxylic acids is 1. The summed E-state index contributed by atoms with van der Waals surface area (Å²) in [5, 5.41) is 17.4. The highest BCUT2D eigenvalue weighted by molar-refractivity contribution is 5.76. The van der Waals surface area contributed by atoms with E-state index in [1.165, 1.54) is 0 Å². The van der Waals surface area contributed by atoms with Crippen molar-refractivity contribution in [1.82, 2.24) is 0 Å². The number of rotatable bonds is 3. The number of aliphatic hydroxyl groups is 1. The predicted octanol–water partition coefficient (Wildman–Crippen LogP) is 0.847. The van der Waals surface area contributed by atoms with E-state index in [2.05, 4.69) is 0 Å². The van der Waals surface area contributed by atoms with Gasteiger partial charge in [0.05, 0.1) is 6.61 Å². The smallest absolute Gasteiger partial charge is 0.313 e. The molecule has 1 aromatic carbocycles. The van der Waals surface area contributed by atoms with Gasteiger partial charge in [-0.1, -0.05) is 30.3 Å². The second-order valence-electron chi connectivity index (χ2n) is 2.48. The second kappa shape index (κ2) is 3.88. The Labute approximate surface area is 70.3 Å². The van der Waals surface area contributed by atoms with Crippen molar-refractivity contribution in [3.05, 3.63) is 35.9 Å². The second-order valence-corrected chi connectivity index (χ2v) is 2.48. The maximum Gasteiger partial charge on any atom is 0.313 e. The number of hydrogen-bond acceptors (Lipinski definition) is 2. The van der Waals surface area contributed by atoms with Crippen LogP contribution >= 0.6 is 0 Å². The molecule has 0 aliphatic carbocycles. The highest BCUT2D eigenvalue weighted by Gasteiger charge is 2.17. The van der Waals surface area contributed by atoms with E-state index < -0.39 is 11.9 Å². The van der Waals surface area contributed by atoms with Gasteiger partial charge in [-0.15, -0.1) is 0 Å². The third-order valence-corrected chi connectivity index (χ3v) is 1.68. The number of hydrogen-bond donors (Lipinski definition) is 2. The van der Waals surface area contributed by atoms with Crippen LogP contribution in [0.5, 0.6) is 0 Å². The molecule has 0 saturated heterocycles. The summed E-state index contributed by atoms with van der Waals surface area (Å²) in [5.74, 6) is -1.80. The van der Waals surface area contributed by atoms with E-state index >= 15 is 0 Å². The molecule has 0 spiro atoms. The van der Waals surface area contributed by atoms with Crippen molar-refractivity contribution in [2.45, 2.75) is 5.92 Å². The fourth-order valence-corrected chi connectivity index (χ4v) is 1.01.